The molecule has 0 saturated carbocycles. The number of ether oxygens (including phenoxy) is 2. The van der Waals surface area contributed by atoms with Crippen LogP contribution in [0.5, 0.6) is 0 Å². The number of hydrogen-bond donors (Lipinski definition) is 2. The molecule has 2 atom stereocenters. The van der Waals surface area contributed by atoms with E-state index in [1.54, 1.807) is 0 Å². The van der Waals surface area contributed by atoms with E-state index in [-0.39, 0.29) is 12.0 Å². The molecule has 2 saturated heterocycles. The standard InChI is InChI=1S/C11H21N3O3/c1-14-3-5-17-9(7-14)6-13-10(15)11(12)2-4-16-8-11/h9H,2-8,12H2,1H3,(H,13,15). The lowest BCUT2D eigenvalue weighted by Crippen LogP contribution is -2.56. The van der Waals surface area contributed by atoms with Crippen molar-refractivity contribution in [2.45, 2.75) is 18.1 Å². The maximum Gasteiger partial charge on any atom is 0.242 e. The topological polar surface area (TPSA) is 76.8 Å². The van der Waals surface area contributed by atoms with Crippen LogP contribution < -0.4 is 11.1 Å². The fourth-order valence-electron chi connectivity index (χ4n) is 2.13. The van der Waals surface area contributed by atoms with Gasteiger partial charge in [-0.3, -0.25) is 4.79 Å². The van der Waals surface area contributed by atoms with Crippen LogP contribution in [0, 0.1) is 0 Å². The van der Waals surface area contributed by atoms with Crippen LogP contribution in [0.2, 0.25) is 0 Å². The van der Waals surface area contributed by atoms with E-state index in [1.165, 1.54) is 0 Å². The first-order valence-corrected chi connectivity index (χ1v) is 6.05. The van der Waals surface area contributed by atoms with Crippen molar-refractivity contribution in [2.75, 3.05) is 46.5 Å². The molecule has 2 aliphatic rings. The quantitative estimate of drug-likeness (QED) is 0.634. The number of carbonyl (C=O) groups excluding carboxylic acids is 1. The van der Waals surface area contributed by atoms with E-state index in [4.69, 9.17) is 15.2 Å². The van der Waals surface area contributed by atoms with Crippen molar-refractivity contribution < 1.29 is 14.3 Å². The predicted octanol–water partition coefficient (Wildman–Crippen LogP) is -1.45. The molecule has 2 fully saturated rings. The van der Waals surface area contributed by atoms with Gasteiger partial charge in [-0.1, -0.05) is 0 Å². The highest BCUT2D eigenvalue weighted by atomic mass is 16.5. The van der Waals surface area contributed by atoms with Crippen LogP contribution in [-0.4, -0.2) is 69.0 Å². The van der Waals surface area contributed by atoms with Crippen LogP contribution in [0.15, 0.2) is 0 Å². The van der Waals surface area contributed by atoms with Crippen LogP contribution in [0.4, 0.5) is 0 Å². The number of nitrogens with one attached hydrogen (secondary N) is 1. The number of carbonyl (C=O) groups is 1. The van der Waals surface area contributed by atoms with Gasteiger partial charge in [-0.15, -0.1) is 0 Å². The molecule has 2 aliphatic heterocycles. The average Bonchev–Trinajstić information content (AvgIpc) is 2.74. The Kier molecular flexibility index (Phi) is 3.98. The minimum Gasteiger partial charge on any atom is -0.379 e. The van der Waals surface area contributed by atoms with Crippen LogP contribution >= 0.6 is 0 Å². The molecule has 6 heteroatoms. The second-order valence-corrected chi connectivity index (χ2v) is 4.92. The monoisotopic (exact) mass is 243 g/mol. The molecule has 6 nitrogen and oxygen atoms in total. The van der Waals surface area contributed by atoms with E-state index in [2.05, 4.69) is 10.2 Å². The summed E-state index contributed by atoms with van der Waals surface area (Å²) in [6.07, 6.45) is 0.646. The van der Waals surface area contributed by atoms with Gasteiger partial charge in [0, 0.05) is 26.2 Å². The summed E-state index contributed by atoms with van der Waals surface area (Å²) >= 11 is 0. The lowest BCUT2D eigenvalue weighted by atomic mass is 9.99. The van der Waals surface area contributed by atoms with Gasteiger partial charge in [0.05, 0.1) is 19.3 Å². The van der Waals surface area contributed by atoms with Gasteiger partial charge in [-0.05, 0) is 13.5 Å². The van der Waals surface area contributed by atoms with Gasteiger partial charge >= 0.3 is 0 Å². The van der Waals surface area contributed by atoms with E-state index in [0.29, 0.717) is 32.8 Å². The van der Waals surface area contributed by atoms with Crippen molar-refractivity contribution in [3.05, 3.63) is 0 Å². The van der Waals surface area contributed by atoms with Crippen molar-refractivity contribution in [1.29, 1.82) is 0 Å². The van der Waals surface area contributed by atoms with Crippen molar-refractivity contribution in [3.63, 3.8) is 0 Å². The molecular formula is C11H21N3O3. The molecule has 2 heterocycles. The molecule has 0 aromatic carbocycles. The van der Waals surface area contributed by atoms with E-state index in [1.807, 2.05) is 7.05 Å². The minimum atomic E-state index is -0.847. The molecule has 98 valence electrons. The summed E-state index contributed by atoms with van der Waals surface area (Å²) in [6.45, 7) is 3.89. The third-order valence-corrected chi connectivity index (χ3v) is 3.34. The molecule has 0 spiro atoms. The van der Waals surface area contributed by atoms with E-state index in [9.17, 15) is 4.79 Å². The van der Waals surface area contributed by atoms with Crippen LogP contribution in [-0.2, 0) is 14.3 Å². The zero-order valence-electron chi connectivity index (χ0n) is 10.3. The van der Waals surface area contributed by atoms with Crippen molar-refractivity contribution in [2.24, 2.45) is 5.73 Å². The van der Waals surface area contributed by atoms with E-state index in [0.717, 1.165) is 13.1 Å². The van der Waals surface area contributed by atoms with Crippen molar-refractivity contribution in [1.82, 2.24) is 10.2 Å². The van der Waals surface area contributed by atoms with E-state index < -0.39 is 5.54 Å². The predicted molar refractivity (Wildman–Crippen MR) is 62.6 cm³/mol. The molecule has 2 unspecified atom stereocenters. The summed E-state index contributed by atoms with van der Waals surface area (Å²) in [5.74, 6) is -0.133. The normalized spacial score (nSPS) is 34.8. The highest BCUT2D eigenvalue weighted by molar-refractivity contribution is 5.86. The largest absolute Gasteiger partial charge is 0.379 e. The lowest BCUT2D eigenvalue weighted by Gasteiger charge is -2.31. The molecule has 2 rings (SSSR count). The van der Waals surface area contributed by atoms with Crippen molar-refractivity contribution >= 4 is 5.91 Å². The van der Waals surface area contributed by atoms with Crippen LogP contribution in [0.1, 0.15) is 6.42 Å². The summed E-state index contributed by atoms with van der Waals surface area (Å²) in [5.41, 5.74) is 5.11. The Morgan fingerprint density at radius 3 is 3.06 bits per heavy atom. The summed E-state index contributed by atoms with van der Waals surface area (Å²) < 4.78 is 10.7. The molecule has 0 radical (unpaired) electrons. The summed E-state index contributed by atoms with van der Waals surface area (Å²) in [6, 6.07) is 0. The molecule has 0 bridgehead atoms. The number of morpholine rings is 1. The number of nitrogens with zero attached hydrogens (tertiary/aromatic N) is 1. The summed E-state index contributed by atoms with van der Waals surface area (Å²) in [7, 11) is 2.05. The Morgan fingerprint density at radius 1 is 1.59 bits per heavy atom. The van der Waals surface area contributed by atoms with Gasteiger partial charge in [0.1, 0.15) is 5.54 Å². The van der Waals surface area contributed by atoms with E-state index >= 15 is 0 Å². The second-order valence-electron chi connectivity index (χ2n) is 4.92. The molecule has 1 amide bonds. The zero-order valence-corrected chi connectivity index (χ0v) is 10.3. The Balaban J connectivity index is 1.75. The highest BCUT2D eigenvalue weighted by Gasteiger charge is 2.38. The summed E-state index contributed by atoms with van der Waals surface area (Å²) in [4.78, 5) is 14.1. The fraction of sp³-hybridized carbons (Fsp3) is 0.909. The Labute approximate surface area is 101 Å². The molecule has 0 aliphatic carbocycles. The smallest absolute Gasteiger partial charge is 0.242 e. The third-order valence-electron chi connectivity index (χ3n) is 3.34. The number of likely N-dealkylation sites (N-methyl/N-ethyl adjacent to an activating group) is 1. The Bertz CT molecular complexity index is 279. The maximum atomic E-state index is 11.9. The van der Waals surface area contributed by atoms with Gasteiger partial charge in [0.2, 0.25) is 5.91 Å². The number of rotatable bonds is 3. The first-order chi connectivity index (χ1) is 8.10. The first kappa shape index (κ1) is 12.8. The maximum absolute atomic E-state index is 11.9. The van der Waals surface area contributed by atoms with Crippen molar-refractivity contribution in [3.8, 4) is 0 Å². The third kappa shape index (κ3) is 3.16. The summed E-state index contributed by atoms with van der Waals surface area (Å²) in [5, 5.41) is 2.86. The van der Waals surface area contributed by atoms with Gasteiger partial charge in [-0.2, -0.15) is 0 Å². The van der Waals surface area contributed by atoms with Gasteiger partial charge in [-0.25, -0.2) is 0 Å². The first-order valence-electron chi connectivity index (χ1n) is 6.05. The van der Waals surface area contributed by atoms with Crippen LogP contribution in [0.3, 0.4) is 0 Å². The average molecular weight is 243 g/mol. The number of hydrogen-bond acceptors (Lipinski definition) is 5. The minimum absolute atomic E-state index is 0.0589. The number of amides is 1. The Morgan fingerprint density at radius 2 is 2.41 bits per heavy atom. The van der Waals surface area contributed by atoms with Gasteiger partial charge < -0.3 is 25.4 Å². The lowest BCUT2D eigenvalue weighted by molar-refractivity contribution is -0.127. The highest BCUT2D eigenvalue weighted by Crippen LogP contribution is 2.15. The number of nitrogens with two attached hydrogens (primary N) is 1. The molecule has 0 aromatic heterocycles. The fourth-order valence-corrected chi connectivity index (χ4v) is 2.13. The zero-order chi connectivity index (χ0) is 12.3. The van der Waals surface area contributed by atoms with Crippen LogP contribution in [0.25, 0.3) is 0 Å². The van der Waals surface area contributed by atoms with Gasteiger partial charge in [0.25, 0.3) is 0 Å². The molecule has 0 aromatic rings. The molecular weight excluding hydrogens is 222 g/mol. The van der Waals surface area contributed by atoms with Gasteiger partial charge in [0.15, 0.2) is 0 Å². The molecule has 3 N–H and O–H groups in total. The SMILES string of the molecule is CN1CCOC(CNC(=O)C2(N)CCOC2)C1. The second kappa shape index (κ2) is 5.30. The Hall–Kier alpha value is -0.690. The molecule has 17 heavy (non-hydrogen) atoms.